The summed E-state index contributed by atoms with van der Waals surface area (Å²) in [6.45, 7) is 16.3. The molecule has 0 amide bonds. The van der Waals surface area contributed by atoms with Crippen LogP contribution in [0.1, 0.15) is 109 Å². The number of rotatable bonds is 16. The smallest absolute Gasteiger partial charge is 0.157 e. The van der Waals surface area contributed by atoms with Crippen LogP contribution in [0.25, 0.3) is 0 Å². The predicted octanol–water partition coefficient (Wildman–Crippen LogP) is 11.4. The van der Waals surface area contributed by atoms with Crippen LogP contribution in [-0.4, -0.2) is 19.5 Å². The van der Waals surface area contributed by atoms with Gasteiger partial charge in [-0.2, -0.15) is 21.7 Å². The molecule has 0 bridgehead atoms. The van der Waals surface area contributed by atoms with Crippen molar-refractivity contribution in [2.24, 2.45) is 5.41 Å². The molecule has 1 unspecified atom stereocenters. The minimum absolute atomic E-state index is 0. The third-order valence-corrected chi connectivity index (χ3v) is 16.9. The van der Waals surface area contributed by atoms with E-state index in [0.29, 0.717) is 11.8 Å². The van der Waals surface area contributed by atoms with E-state index in [1.54, 1.807) is 27.3 Å². The van der Waals surface area contributed by atoms with E-state index in [0.717, 1.165) is 38.9 Å². The van der Waals surface area contributed by atoms with Gasteiger partial charge in [0.15, 0.2) is 6.29 Å². The second kappa shape index (κ2) is 23.5. The van der Waals surface area contributed by atoms with Gasteiger partial charge in [0.2, 0.25) is 0 Å². The minimum atomic E-state index is -0.814. The van der Waals surface area contributed by atoms with Gasteiger partial charge in [-0.1, -0.05) is 204 Å². The zero-order valence-corrected chi connectivity index (χ0v) is 40.1. The van der Waals surface area contributed by atoms with Crippen molar-refractivity contribution in [1.82, 2.24) is 0 Å². The van der Waals surface area contributed by atoms with Crippen LogP contribution in [0.15, 0.2) is 146 Å². The van der Waals surface area contributed by atoms with Gasteiger partial charge in [-0.3, -0.25) is 0 Å². The molecule has 0 aliphatic carbocycles. The third-order valence-electron chi connectivity index (χ3n) is 11.2. The Morgan fingerprint density at radius 2 is 1.10 bits per heavy atom. The molecule has 1 saturated heterocycles. The number of hydrogen-bond donors (Lipinski definition) is 0. The van der Waals surface area contributed by atoms with Crippen LogP contribution in [0.5, 0.6) is 0 Å². The molecule has 0 spiro atoms. The molecule has 7 rings (SSSR count). The summed E-state index contributed by atoms with van der Waals surface area (Å²) in [5.41, 5.74) is 5.10. The summed E-state index contributed by atoms with van der Waals surface area (Å²) in [6, 6.07) is 53.8. The van der Waals surface area contributed by atoms with Crippen molar-refractivity contribution in [3.63, 3.8) is 0 Å². The van der Waals surface area contributed by atoms with Crippen molar-refractivity contribution in [2.75, 3.05) is 13.2 Å². The van der Waals surface area contributed by atoms with Gasteiger partial charge in [-0.15, -0.1) is 5.56 Å². The predicted molar refractivity (Wildman–Crippen MR) is 260 cm³/mol. The Hall–Kier alpha value is -2.69. The summed E-state index contributed by atoms with van der Waals surface area (Å²) in [5.74, 6) is 0.836. The average Bonchev–Trinajstić information content (AvgIpc) is 3.86. The Morgan fingerprint density at radius 3 is 1.49 bits per heavy atom. The van der Waals surface area contributed by atoms with Crippen LogP contribution >= 0.6 is 25.1 Å². The van der Waals surface area contributed by atoms with Gasteiger partial charge in [-0.25, -0.2) is 0 Å². The van der Waals surface area contributed by atoms with Gasteiger partial charge in [0, 0.05) is 17.1 Å². The van der Waals surface area contributed by atoms with Crippen LogP contribution in [0.2, 0.25) is 0 Å². The number of hydrogen-bond acceptors (Lipinski definition) is 2. The maximum atomic E-state index is 5.90. The SMILES string of the molecule is CC(C)c1c(P(c2ccccc2)c2ccccc2)c(P(c2ccccc2)c2ccccc2)c(CCCCC(C)(C)CCC2OCCCO2)[c-]1C(C)C.P[c-]1[cH-][cH-][cH-][cH-]1.[Fe]. The van der Waals surface area contributed by atoms with Gasteiger partial charge >= 0.3 is 0 Å². The first-order chi connectivity index (χ1) is 28.1. The second-order valence-corrected chi connectivity index (χ2v) is 21.9. The van der Waals surface area contributed by atoms with Crippen molar-refractivity contribution in [1.29, 1.82) is 0 Å². The quantitative estimate of drug-likeness (QED) is 0.0417. The Morgan fingerprint density at radius 1 is 0.661 bits per heavy atom. The average molecular weight is 883 g/mol. The van der Waals surface area contributed by atoms with E-state index in [9.17, 15) is 0 Å². The van der Waals surface area contributed by atoms with Crippen molar-refractivity contribution in [3.05, 3.63) is 162 Å². The molecule has 318 valence electrons. The summed E-state index contributed by atoms with van der Waals surface area (Å²) in [4.78, 5) is 0. The van der Waals surface area contributed by atoms with Crippen LogP contribution in [0.4, 0.5) is 0 Å². The summed E-state index contributed by atoms with van der Waals surface area (Å²) < 4.78 is 11.8. The molecule has 0 aromatic heterocycles. The van der Waals surface area contributed by atoms with E-state index in [1.807, 2.05) is 24.3 Å². The van der Waals surface area contributed by atoms with Crippen LogP contribution in [-0.2, 0) is 33.0 Å². The molecular weight excluding hydrogens is 817 g/mol. The monoisotopic (exact) mass is 882 g/mol. The molecule has 0 radical (unpaired) electrons. The fourth-order valence-corrected chi connectivity index (χ4v) is 14.5. The summed E-state index contributed by atoms with van der Waals surface area (Å²) >= 11 is 0. The Kier molecular flexibility index (Phi) is 18.9. The van der Waals surface area contributed by atoms with Gasteiger partial charge in [0.25, 0.3) is 0 Å². The molecule has 1 atom stereocenters. The van der Waals surface area contributed by atoms with Crippen LogP contribution < -0.4 is 37.1 Å². The Balaban J connectivity index is 0.000000867. The van der Waals surface area contributed by atoms with Crippen molar-refractivity contribution >= 4 is 62.2 Å². The van der Waals surface area contributed by atoms with E-state index in [-0.39, 0.29) is 28.8 Å². The van der Waals surface area contributed by atoms with Crippen molar-refractivity contribution in [2.45, 2.75) is 105 Å². The maximum absolute atomic E-state index is 5.90. The molecular formula is C53H65FeO2P3-6. The van der Waals surface area contributed by atoms with E-state index in [4.69, 9.17) is 9.47 Å². The summed E-state index contributed by atoms with van der Waals surface area (Å²) in [5, 5.41) is 10.2. The number of ether oxygens (including phenoxy) is 2. The maximum Gasteiger partial charge on any atom is 0.157 e. The summed E-state index contributed by atoms with van der Waals surface area (Å²) in [7, 11) is 0.992. The summed E-state index contributed by atoms with van der Waals surface area (Å²) in [6.07, 6.45) is 7.83. The number of benzene rings is 4. The fourth-order valence-electron chi connectivity index (χ4n) is 8.41. The molecule has 2 nitrogen and oxygen atoms in total. The van der Waals surface area contributed by atoms with Crippen molar-refractivity contribution in [3.8, 4) is 0 Å². The van der Waals surface area contributed by atoms with E-state index >= 15 is 0 Å². The zero-order valence-electron chi connectivity index (χ0n) is 36.1. The first-order valence-electron chi connectivity index (χ1n) is 21.5. The molecule has 59 heavy (non-hydrogen) atoms. The first-order valence-corrected chi connectivity index (χ1v) is 24.8. The topological polar surface area (TPSA) is 18.5 Å². The zero-order chi connectivity index (χ0) is 40.9. The molecule has 6 aromatic carbocycles. The van der Waals surface area contributed by atoms with Crippen LogP contribution in [0.3, 0.4) is 0 Å². The normalized spacial score (nSPS) is 13.5. The van der Waals surface area contributed by atoms with E-state index in [2.05, 4.69) is 172 Å². The number of unbranched alkanes of at least 4 members (excludes halogenated alkanes) is 1. The molecule has 6 heteroatoms. The fraction of sp³-hybridized carbons (Fsp3) is 0.358. The Bertz CT molecular complexity index is 1970. The van der Waals surface area contributed by atoms with Gasteiger partial charge in [0.1, 0.15) is 0 Å². The molecule has 1 aliphatic heterocycles. The van der Waals surface area contributed by atoms with Crippen LogP contribution in [0, 0.1) is 5.41 Å². The Labute approximate surface area is 372 Å². The van der Waals surface area contributed by atoms with Gasteiger partial charge in [0.05, 0.1) is 13.2 Å². The standard InChI is InChI=1S/C48H59O2P2.C5H6P.Fe/c1-36(2)44-42(30-19-20-32-48(5,6)33-31-43-49-34-21-35-50-43)46(51(38-22-11-7-12-23-38)39-24-13-8-14-25-39)47(45(44)37(3)4)52(40-26-15-9-16-27-40)41-28-17-10-18-29-41;6-5-3-1-2-4-5;/h7-18,22-29,36-37,43H,19-21,30-35H2,1-6H3;1-4H,6H2;/q-1;-5;. The van der Waals surface area contributed by atoms with Gasteiger partial charge in [-0.05, 0) is 58.2 Å². The largest absolute Gasteiger partial charge is 0.747 e. The molecule has 6 aromatic rings. The molecule has 1 aliphatic rings. The molecule has 1 heterocycles. The van der Waals surface area contributed by atoms with Gasteiger partial charge < -0.3 is 48.3 Å². The molecule has 0 saturated carbocycles. The minimum Gasteiger partial charge on any atom is -0.747 e. The van der Waals surface area contributed by atoms with E-state index in [1.165, 1.54) is 45.8 Å². The molecule has 0 N–H and O–H groups in total. The third kappa shape index (κ3) is 12.9. The molecule has 1 fully saturated rings. The van der Waals surface area contributed by atoms with Crippen molar-refractivity contribution < 1.29 is 26.5 Å². The second-order valence-electron chi connectivity index (χ2n) is 17.0. The van der Waals surface area contributed by atoms with E-state index < -0.39 is 15.8 Å². The first kappa shape index (κ1) is 47.4.